The molecule has 2 N–H and O–H groups in total. The maximum absolute atomic E-state index is 6.17. The molecule has 1 saturated carbocycles. The Morgan fingerprint density at radius 3 is 2.42 bits per heavy atom. The van der Waals surface area contributed by atoms with E-state index in [1.54, 1.807) is 0 Å². The Bertz CT molecular complexity index is 273. The van der Waals surface area contributed by atoms with Crippen LogP contribution in [0.4, 0.5) is 0 Å². The lowest BCUT2D eigenvalue weighted by atomic mass is 9.90. The Hall–Kier alpha value is -0.120. The van der Waals surface area contributed by atoms with E-state index in [-0.39, 0.29) is 0 Å². The highest BCUT2D eigenvalue weighted by Gasteiger charge is 2.35. The molecule has 2 aliphatic heterocycles. The van der Waals surface area contributed by atoms with Gasteiger partial charge in [0, 0.05) is 38.3 Å². The van der Waals surface area contributed by atoms with Crippen LogP contribution >= 0.6 is 0 Å². The normalized spacial score (nSPS) is 33.0. The topological polar surface area (TPSA) is 32.5 Å². The molecule has 0 aromatic heterocycles. The molecule has 0 amide bonds. The third-order valence-electron chi connectivity index (χ3n) is 5.77. The molecule has 0 aromatic carbocycles. The van der Waals surface area contributed by atoms with E-state index in [0.717, 1.165) is 18.5 Å². The maximum Gasteiger partial charge on any atom is 0.0247 e. The van der Waals surface area contributed by atoms with Crippen molar-refractivity contribution in [1.29, 1.82) is 0 Å². The molecule has 3 nitrogen and oxygen atoms in total. The van der Waals surface area contributed by atoms with Gasteiger partial charge in [0.15, 0.2) is 0 Å². The Kier molecular flexibility index (Phi) is 4.78. The molecule has 19 heavy (non-hydrogen) atoms. The second-order valence-electron chi connectivity index (χ2n) is 6.88. The fourth-order valence-electron chi connectivity index (χ4n) is 4.65. The second-order valence-corrected chi connectivity index (χ2v) is 6.88. The molecule has 2 atom stereocenters. The van der Waals surface area contributed by atoms with Gasteiger partial charge >= 0.3 is 0 Å². The summed E-state index contributed by atoms with van der Waals surface area (Å²) in [5, 5.41) is 0. The maximum atomic E-state index is 6.17. The van der Waals surface area contributed by atoms with Crippen molar-refractivity contribution in [2.75, 3.05) is 32.7 Å². The molecule has 0 radical (unpaired) electrons. The molecule has 1 aliphatic carbocycles. The van der Waals surface area contributed by atoms with E-state index in [2.05, 4.69) is 9.80 Å². The van der Waals surface area contributed by atoms with Gasteiger partial charge in [-0.25, -0.2) is 0 Å². The van der Waals surface area contributed by atoms with Gasteiger partial charge in [0.2, 0.25) is 0 Å². The monoisotopic (exact) mass is 265 g/mol. The first-order chi connectivity index (χ1) is 9.38. The third-order valence-corrected chi connectivity index (χ3v) is 5.77. The van der Waals surface area contributed by atoms with Crippen molar-refractivity contribution in [3.63, 3.8) is 0 Å². The predicted octanol–water partition coefficient (Wildman–Crippen LogP) is 2.06. The van der Waals surface area contributed by atoms with Crippen LogP contribution in [-0.2, 0) is 0 Å². The van der Waals surface area contributed by atoms with Gasteiger partial charge in [0.1, 0.15) is 0 Å². The molecular weight excluding hydrogens is 234 g/mol. The van der Waals surface area contributed by atoms with Gasteiger partial charge in [-0.05, 0) is 38.1 Å². The minimum absolute atomic E-state index is 0.667. The molecule has 2 heterocycles. The first-order valence-electron chi connectivity index (χ1n) is 8.56. The van der Waals surface area contributed by atoms with E-state index >= 15 is 0 Å². The molecule has 0 spiro atoms. The third kappa shape index (κ3) is 3.14. The summed E-state index contributed by atoms with van der Waals surface area (Å²) in [5.41, 5.74) is 6.17. The van der Waals surface area contributed by atoms with E-state index < -0.39 is 0 Å². The smallest absolute Gasteiger partial charge is 0.0247 e. The SMILES string of the molecule is NCC(C1CCCCCC1)N1CCN2CCCC2C1. The molecule has 2 saturated heterocycles. The fraction of sp³-hybridized carbons (Fsp3) is 1.00. The summed E-state index contributed by atoms with van der Waals surface area (Å²) in [6.07, 6.45) is 11.4. The number of piperazine rings is 1. The standard InChI is InChI=1S/C16H31N3/c17-12-16(14-6-3-1-2-4-7-14)19-11-10-18-9-5-8-15(18)13-19/h14-16H,1-13,17H2. The van der Waals surface area contributed by atoms with Gasteiger partial charge < -0.3 is 5.73 Å². The molecule has 110 valence electrons. The van der Waals surface area contributed by atoms with E-state index in [1.807, 2.05) is 0 Å². The average Bonchev–Trinajstić information content (AvgIpc) is 2.74. The van der Waals surface area contributed by atoms with Gasteiger partial charge in [-0.3, -0.25) is 9.80 Å². The summed E-state index contributed by atoms with van der Waals surface area (Å²) in [6, 6.07) is 1.51. The van der Waals surface area contributed by atoms with Crippen LogP contribution in [0.2, 0.25) is 0 Å². The van der Waals surface area contributed by atoms with Gasteiger partial charge in [0.05, 0.1) is 0 Å². The highest BCUT2D eigenvalue weighted by atomic mass is 15.3. The summed E-state index contributed by atoms with van der Waals surface area (Å²) in [7, 11) is 0. The molecule has 2 unspecified atom stereocenters. The molecule has 3 fully saturated rings. The molecule has 0 aromatic rings. The molecular formula is C16H31N3. The molecule has 3 aliphatic rings. The first-order valence-corrected chi connectivity index (χ1v) is 8.56. The van der Waals surface area contributed by atoms with E-state index in [0.29, 0.717) is 6.04 Å². The fourth-order valence-corrected chi connectivity index (χ4v) is 4.65. The van der Waals surface area contributed by atoms with Crippen molar-refractivity contribution in [3.8, 4) is 0 Å². The van der Waals surface area contributed by atoms with Gasteiger partial charge in [0.25, 0.3) is 0 Å². The van der Waals surface area contributed by atoms with E-state index in [9.17, 15) is 0 Å². The number of nitrogens with two attached hydrogens (primary N) is 1. The van der Waals surface area contributed by atoms with Crippen molar-refractivity contribution in [3.05, 3.63) is 0 Å². The molecule has 3 rings (SSSR count). The summed E-state index contributed by atoms with van der Waals surface area (Å²) < 4.78 is 0. The Balaban J connectivity index is 1.61. The van der Waals surface area contributed by atoms with Crippen molar-refractivity contribution in [2.24, 2.45) is 11.7 Å². The van der Waals surface area contributed by atoms with Crippen molar-refractivity contribution >= 4 is 0 Å². The number of rotatable bonds is 3. The minimum Gasteiger partial charge on any atom is -0.329 e. The van der Waals surface area contributed by atoms with Crippen LogP contribution in [0.25, 0.3) is 0 Å². The van der Waals surface area contributed by atoms with Crippen LogP contribution in [-0.4, -0.2) is 54.6 Å². The zero-order chi connectivity index (χ0) is 13.1. The quantitative estimate of drug-likeness (QED) is 0.793. The second kappa shape index (κ2) is 6.55. The number of fused-ring (bicyclic) bond motifs is 1. The van der Waals surface area contributed by atoms with Gasteiger partial charge in [-0.15, -0.1) is 0 Å². The predicted molar refractivity (Wildman–Crippen MR) is 80.2 cm³/mol. The summed E-state index contributed by atoms with van der Waals surface area (Å²) >= 11 is 0. The van der Waals surface area contributed by atoms with Gasteiger partial charge in [-0.2, -0.15) is 0 Å². The van der Waals surface area contributed by atoms with Crippen LogP contribution in [0, 0.1) is 5.92 Å². The van der Waals surface area contributed by atoms with Crippen LogP contribution < -0.4 is 5.73 Å². The highest BCUT2D eigenvalue weighted by Crippen LogP contribution is 2.30. The van der Waals surface area contributed by atoms with Crippen LogP contribution in [0.1, 0.15) is 51.4 Å². The van der Waals surface area contributed by atoms with Crippen LogP contribution in [0.15, 0.2) is 0 Å². The van der Waals surface area contributed by atoms with E-state index in [1.165, 1.54) is 77.5 Å². The summed E-state index contributed by atoms with van der Waals surface area (Å²) in [6.45, 7) is 6.05. The van der Waals surface area contributed by atoms with E-state index in [4.69, 9.17) is 5.73 Å². The summed E-state index contributed by atoms with van der Waals surface area (Å²) in [4.78, 5) is 5.46. The average molecular weight is 265 g/mol. The number of hydrogen-bond acceptors (Lipinski definition) is 3. The Morgan fingerprint density at radius 1 is 0.895 bits per heavy atom. The van der Waals surface area contributed by atoms with Crippen molar-refractivity contribution in [2.45, 2.75) is 63.5 Å². The zero-order valence-corrected chi connectivity index (χ0v) is 12.4. The zero-order valence-electron chi connectivity index (χ0n) is 12.4. The lowest BCUT2D eigenvalue weighted by Crippen LogP contribution is -2.57. The summed E-state index contributed by atoms with van der Waals surface area (Å²) in [5.74, 6) is 0.875. The lowest BCUT2D eigenvalue weighted by Gasteiger charge is -2.44. The van der Waals surface area contributed by atoms with Crippen LogP contribution in [0.5, 0.6) is 0 Å². The van der Waals surface area contributed by atoms with Crippen LogP contribution in [0.3, 0.4) is 0 Å². The first kappa shape index (κ1) is 13.8. The Labute approximate surface area is 118 Å². The largest absolute Gasteiger partial charge is 0.329 e. The lowest BCUT2D eigenvalue weighted by molar-refractivity contribution is 0.0482. The molecule has 0 bridgehead atoms. The van der Waals surface area contributed by atoms with Gasteiger partial charge in [-0.1, -0.05) is 25.7 Å². The van der Waals surface area contributed by atoms with Crippen molar-refractivity contribution < 1.29 is 0 Å². The highest BCUT2D eigenvalue weighted by molar-refractivity contribution is 4.91. The molecule has 3 heteroatoms. The number of hydrogen-bond donors (Lipinski definition) is 1. The number of nitrogens with zero attached hydrogens (tertiary/aromatic N) is 2. The minimum atomic E-state index is 0.667. The van der Waals surface area contributed by atoms with Crippen molar-refractivity contribution in [1.82, 2.24) is 9.80 Å². The Morgan fingerprint density at radius 2 is 1.68 bits per heavy atom.